The predicted octanol–water partition coefficient (Wildman–Crippen LogP) is 0.284. The molecule has 0 radical (unpaired) electrons. The Kier molecular flexibility index (Phi) is 2.73. The summed E-state index contributed by atoms with van der Waals surface area (Å²) in [6.45, 7) is 4.01. The van der Waals surface area contributed by atoms with E-state index in [1.807, 2.05) is 13.2 Å². The Hall–Kier alpha value is -1.36. The van der Waals surface area contributed by atoms with Crippen LogP contribution in [0.2, 0.25) is 0 Å². The number of carbonyl (C=O) groups is 1. The quantitative estimate of drug-likeness (QED) is 0.727. The number of ether oxygens (including phenoxy) is 1. The maximum atomic E-state index is 11.6. The second-order valence-corrected chi connectivity index (χ2v) is 3.68. The van der Waals surface area contributed by atoms with Crippen molar-refractivity contribution in [1.29, 1.82) is 0 Å². The number of nitrogens with zero attached hydrogens (tertiary/aromatic N) is 2. The zero-order chi connectivity index (χ0) is 10.8. The van der Waals surface area contributed by atoms with E-state index in [1.54, 1.807) is 11.6 Å². The summed E-state index contributed by atoms with van der Waals surface area (Å²) in [7, 11) is 1.82. The number of carbonyl (C=O) groups excluding carboxylic acids is 1. The summed E-state index contributed by atoms with van der Waals surface area (Å²) >= 11 is 0. The number of hydrogen-bond donors (Lipinski definition) is 1. The number of hydrogen-bond acceptors (Lipinski definition) is 4. The highest BCUT2D eigenvalue weighted by molar-refractivity contribution is 5.89. The molecule has 5 nitrogen and oxygen atoms in total. The van der Waals surface area contributed by atoms with Crippen LogP contribution in [0, 0.1) is 0 Å². The number of aryl methyl sites for hydroxylation is 1. The van der Waals surface area contributed by atoms with Gasteiger partial charge in [0.2, 0.25) is 0 Å². The van der Waals surface area contributed by atoms with Crippen LogP contribution in [0.5, 0.6) is 0 Å². The molecule has 2 rings (SSSR count). The predicted molar refractivity (Wildman–Crippen MR) is 54.8 cm³/mol. The highest BCUT2D eigenvalue weighted by atomic mass is 16.5. The molecule has 0 amide bonds. The van der Waals surface area contributed by atoms with E-state index in [-0.39, 0.29) is 5.97 Å². The van der Waals surface area contributed by atoms with Gasteiger partial charge in [0.05, 0.1) is 6.61 Å². The van der Waals surface area contributed by atoms with Crippen LogP contribution >= 0.6 is 0 Å². The van der Waals surface area contributed by atoms with Gasteiger partial charge in [-0.15, -0.1) is 0 Å². The molecule has 0 saturated carbocycles. The molecule has 0 unspecified atom stereocenters. The van der Waals surface area contributed by atoms with E-state index in [0.29, 0.717) is 18.2 Å². The van der Waals surface area contributed by atoms with Gasteiger partial charge in [0.25, 0.3) is 0 Å². The van der Waals surface area contributed by atoms with Crippen molar-refractivity contribution >= 4 is 5.97 Å². The average Bonchev–Trinajstić information content (AvgIpc) is 2.45. The zero-order valence-corrected chi connectivity index (χ0v) is 8.99. The Balaban J connectivity index is 2.24. The first-order valence-electron chi connectivity index (χ1n) is 5.13. The molecule has 0 atom stereocenters. The highest BCUT2D eigenvalue weighted by Gasteiger charge is 2.27. The largest absolute Gasteiger partial charge is 0.461 e. The standard InChI is InChI=1S/C10H15N3O2/c1-3-15-10(14)9-8(6-13(2)12-9)7-4-11-5-7/h6-7,11H,3-5H2,1-2H3. The fourth-order valence-corrected chi connectivity index (χ4v) is 1.67. The third kappa shape index (κ3) is 1.87. The molecule has 1 N–H and O–H groups in total. The van der Waals surface area contributed by atoms with E-state index in [9.17, 15) is 4.79 Å². The maximum Gasteiger partial charge on any atom is 0.359 e. The third-order valence-electron chi connectivity index (χ3n) is 2.55. The van der Waals surface area contributed by atoms with Crippen molar-refractivity contribution in [2.24, 2.45) is 7.05 Å². The van der Waals surface area contributed by atoms with Gasteiger partial charge >= 0.3 is 5.97 Å². The minimum atomic E-state index is -0.319. The summed E-state index contributed by atoms with van der Waals surface area (Å²) in [6.07, 6.45) is 1.90. The van der Waals surface area contributed by atoms with Gasteiger partial charge < -0.3 is 10.1 Å². The van der Waals surface area contributed by atoms with Crippen LogP contribution in [-0.4, -0.2) is 35.4 Å². The molecular formula is C10H15N3O2. The number of esters is 1. The van der Waals surface area contributed by atoms with Gasteiger partial charge in [-0.05, 0) is 6.92 Å². The van der Waals surface area contributed by atoms with Crippen molar-refractivity contribution in [3.63, 3.8) is 0 Å². The molecule has 0 aromatic carbocycles. The lowest BCUT2D eigenvalue weighted by Gasteiger charge is -2.26. The molecule has 0 bridgehead atoms. The third-order valence-corrected chi connectivity index (χ3v) is 2.55. The molecule has 2 heterocycles. The lowest BCUT2D eigenvalue weighted by Crippen LogP contribution is -2.40. The summed E-state index contributed by atoms with van der Waals surface area (Å²) < 4.78 is 6.63. The number of aromatic nitrogens is 2. The van der Waals surface area contributed by atoms with Crippen LogP contribution in [0.15, 0.2) is 6.20 Å². The van der Waals surface area contributed by atoms with Crippen LogP contribution in [0.3, 0.4) is 0 Å². The fourth-order valence-electron chi connectivity index (χ4n) is 1.67. The van der Waals surface area contributed by atoms with E-state index in [4.69, 9.17) is 4.74 Å². The summed E-state index contributed by atoms with van der Waals surface area (Å²) in [4.78, 5) is 11.6. The molecule has 0 aliphatic carbocycles. The molecule has 15 heavy (non-hydrogen) atoms. The Labute approximate surface area is 88.4 Å². The molecule has 1 aliphatic rings. The summed E-state index contributed by atoms with van der Waals surface area (Å²) in [5.74, 6) is 0.0816. The van der Waals surface area contributed by atoms with Gasteiger partial charge in [-0.25, -0.2) is 4.79 Å². The molecule has 1 aliphatic heterocycles. The molecule has 1 fully saturated rings. The van der Waals surface area contributed by atoms with Gasteiger partial charge in [-0.3, -0.25) is 4.68 Å². The molecule has 5 heteroatoms. The van der Waals surface area contributed by atoms with Crippen molar-refractivity contribution in [3.05, 3.63) is 17.5 Å². The maximum absolute atomic E-state index is 11.6. The van der Waals surface area contributed by atoms with E-state index in [2.05, 4.69) is 10.4 Å². The molecule has 0 spiro atoms. The van der Waals surface area contributed by atoms with Crippen LogP contribution in [0.4, 0.5) is 0 Å². The normalized spacial score (nSPS) is 16.1. The number of nitrogens with one attached hydrogen (secondary N) is 1. The van der Waals surface area contributed by atoms with Crippen molar-refractivity contribution in [2.75, 3.05) is 19.7 Å². The fraction of sp³-hybridized carbons (Fsp3) is 0.600. The average molecular weight is 209 g/mol. The van der Waals surface area contributed by atoms with E-state index >= 15 is 0 Å². The van der Waals surface area contributed by atoms with Crippen LogP contribution < -0.4 is 5.32 Å². The minimum Gasteiger partial charge on any atom is -0.461 e. The first-order chi connectivity index (χ1) is 7.22. The van der Waals surface area contributed by atoms with Crippen molar-refractivity contribution in [2.45, 2.75) is 12.8 Å². The Morgan fingerprint density at radius 1 is 1.73 bits per heavy atom. The van der Waals surface area contributed by atoms with Gasteiger partial charge in [0.1, 0.15) is 0 Å². The summed E-state index contributed by atoms with van der Waals surface area (Å²) in [6, 6.07) is 0. The van der Waals surface area contributed by atoms with Gasteiger partial charge in [-0.2, -0.15) is 5.10 Å². The van der Waals surface area contributed by atoms with Crippen LogP contribution in [0.1, 0.15) is 28.9 Å². The molecule has 1 saturated heterocycles. The Morgan fingerprint density at radius 2 is 2.47 bits per heavy atom. The topological polar surface area (TPSA) is 56.1 Å². The minimum absolute atomic E-state index is 0.319. The number of rotatable bonds is 3. The van der Waals surface area contributed by atoms with Gasteiger partial charge in [-0.1, -0.05) is 0 Å². The molecular weight excluding hydrogens is 194 g/mol. The summed E-state index contributed by atoms with van der Waals surface area (Å²) in [5, 5.41) is 7.32. The monoisotopic (exact) mass is 209 g/mol. The first kappa shape index (κ1) is 10.2. The van der Waals surface area contributed by atoms with E-state index in [1.165, 1.54) is 0 Å². The van der Waals surface area contributed by atoms with Crippen molar-refractivity contribution in [1.82, 2.24) is 15.1 Å². The first-order valence-corrected chi connectivity index (χ1v) is 5.13. The molecule has 82 valence electrons. The zero-order valence-electron chi connectivity index (χ0n) is 8.99. The molecule has 1 aromatic rings. The van der Waals surface area contributed by atoms with Crippen molar-refractivity contribution in [3.8, 4) is 0 Å². The lowest BCUT2D eigenvalue weighted by atomic mass is 9.94. The Bertz CT molecular complexity index is 369. The Morgan fingerprint density at radius 3 is 3.00 bits per heavy atom. The highest BCUT2D eigenvalue weighted by Crippen LogP contribution is 2.23. The van der Waals surface area contributed by atoms with E-state index in [0.717, 1.165) is 18.7 Å². The van der Waals surface area contributed by atoms with Gasteiger partial charge in [0.15, 0.2) is 5.69 Å². The van der Waals surface area contributed by atoms with Gasteiger partial charge in [0, 0.05) is 37.8 Å². The summed E-state index contributed by atoms with van der Waals surface area (Å²) in [5.41, 5.74) is 1.46. The van der Waals surface area contributed by atoms with Crippen LogP contribution in [-0.2, 0) is 11.8 Å². The SMILES string of the molecule is CCOC(=O)c1nn(C)cc1C1CNC1. The molecule has 1 aromatic heterocycles. The lowest BCUT2D eigenvalue weighted by molar-refractivity contribution is 0.0516. The second kappa shape index (κ2) is 4.02. The van der Waals surface area contributed by atoms with Crippen LogP contribution in [0.25, 0.3) is 0 Å². The van der Waals surface area contributed by atoms with Crippen molar-refractivity contribution < 1.29 is 9.53 Å². The smallest absolute Gasteiger partial charge is 0.359 e. The van der Waals surface area contributed by atoms with E-state index < -0.39 is 0 Å². The second-order valence-electron chi connectivity index (χ2n) is 3.68.